The summed E-state index contributed by atoms with van der Waals surface area (Å²) in [5, 5.41) is -1.21. The van der Waals surface area contributed by atoms with Gasteiger partial charge in [-0.25, -0.2) is 12.8 Å². The summed E-state index contributed by atoms with van der Waals surface area (Å²) in [5.41, 5.74) is 4.77. The Hall–Kier alpha value is -1.93. The SMILES string of the molecule is NC[C@H](c1ccc(C(F)(F)F)cc1)S(=O)(=O)c1ccc(F)cc1. The molecule has 0 aliphatic carbocycles. The van der Waals surface area contributed by atoms with E-state index in [-0.39, 0.29) is 17.0 Å². The molecule has 124 valence electrons. The number of benzene rings is 2. The van der Waals surface area contributed by atoms with Crippen LogP contribution in [0.15, 0.2) is 53.4 Å². The number of halogens is 4. The highest BCUT2D eigenvalue weighted by Crippen LogP contribution is 2.32. The van der Waals surface area contributed by atoms with Gasteiger partial charge in [-0.2, -0.15) is 13.2 Å². The molecule has 0 radical (unpaired) electrons. The molecule has 2 N–H and O–H groups in total. The van der Waals surface area contributed by atoms with Gasteiger partial charge in [-0.1, -0.05) is 12.1 Å². The Bertz CT molecular complexity index is 769. The summed E-state index contributed by atoms with van der Waals surface area (Å²) in [7, 11) is -3.94. The molecule has 0 heterocycles. The maximum Gasteiger partial charge on any atom is 0.416 e. The lowest BCUT2D eigenvalue weighted by atomic mass is 10.1. The van der Waals surface area contributed by atoms with Crippen LogP contribution in [0.2, 0.25) is 0 Å². The van der Waals surface area contributed by atoms with Crippen LogP contribution in [0.1, 0.15) is 16.4 Å². The molecule has 0 bridgehead atoms. The molecular weight excluding hydrogens is 334 g/mol. The van der Waals surface area contributed by atoms with Crippen molar-refractivity contribution >= 4 is 9.84 Å². The number of hydrogen-bond acceptors (Lipinski definition) is 3. The van der Waals surface area contributed by atoms with Gasteiger partial charge >= 0.3 is 6.18 Å². The van der Waals surface area contributed by atoms with E-state index in [1.807, 2.05) is 0 Å². The van der Waals surface area contributed by atoms with Crippen LogP contribution in [0.3, 0.4) is 0 Å². The van der Waals surface area contributed by atoms with Crippen molar-refractivity contribution in [1.29, 1.82) is 0 Å². The van der Waals surface area contributed by atoms with Gasteiger partial charge in [-0.3, -0.25) is 0 Å². The topological polar surface area (TPSA) is 60.2 Å². The summed E-state index contributed by atoms with van der Waals surface area (Å²) < 4.78 is 75.7. The largest absolute Gasteiger partial charge is 0.416 e. The molecule has 0 amide bonds. The first-order valence-electron chi connectivity index (χ1n) is 6.53. The van der Waals surface area contributed by atoms with Crippen LogP contribution in [0, 0.1) is 5.82 Å². The van der Waals surface area contributed by atoms with Crippen LogP contribution in [0.5, 0.6) is 0 Å². The zero-order chi connectivity index (χ0) is 17.3. The molecule has 2 aromatic carbocycles. The number of nitrogens with two attached hydrogens (primary N) is 1. The second-order valence-corrected chi connectivity index (χ2v) is 6.97. The molecule has 0 aromatic heterocycles. The van der Waals surface area contributed by atoms with E-state index in [1.54, 1.807) is 0 Å². The number of hydrogen-bond donors (Lipinski definition) is 1. The summed E-state index contributed by atoms with van der Waals surface area (Å²) in [6.07, 6.45) is -4.51. The molecule has 0 fully saturated rings. The van der Waals surface area contributed by atoms with Crippen molar-refractivity contribution in [1.82, 2.24) is 0 Å². The highest BCUT2D eigenvalue weighted by atomic mass is 32.2. The van der Waals surface area contributed by atoms with E-state index in [0.29, 0.717) is 0 Å². The van der Waals surface area contributed by atoms with Gasteiger partial charge in [0.25, 0.3) is 0 Å². The van der Waals surface area contributed by atoms with Crippen molar-refractivity contribution in [2.45, 2.75) is 16.3 Å². The van der Waals surface area contributed by atoms with E-state index < -0.39 is 32.6 Å². The first-order chi connectivity index (χ1) is 10.7. The fourth-order valence-electron chi connectivity index (χ4n) is 2.12. The quantitative estimate of drug-likeness (QED) is 0.682. The predicted molar refractivity (Wildman–Crippen MR) is 76.8 cm³/mol. The molecule has 0 aliphatic heterocycles. The van der Waals surface area contributed by atoms with Crippen LogP contribution >= 0.6 is 0 Å². The van der Waals surface area contributed by atoms with Crippen molar-refractivity contribution in [3.63, 3.8) is 0 Å². The predicted octanol–water partition coefficient (Wildman–Crippen LogP) is 3.32. The number of rotatable bonds is 4. The number of sulfone groups is 1. The molecule has 3 nitrogen and oxygen atoms in total. The smallest absolute Gasteiger partial charge is 0.329 e. The normalized spacial score (nSPS) is 13.8. The van der Waals surface area contributed by atoms with Gasteiger partial charge in [0.1, 0.15) is 11.1 Å². The monoisotopic (exact) mass is 347 g/mol. The minimum atomic E-state index is -4.51. The Kier molecular flexibility index (Phi) is 4.76. The van der Waals surface area contributed by atoms with Gasteiger partial charge in [0, 0.05) is 6.54 Å². The molecule has 0 aliphatic rings. The molecule has 1 atom stereocenters. The van der Waals surface area contributed by atoms with E-state index in [4.69, 9.17) is 5.73 Å². The highest BCUT2D eigenvalue weighted by Gasteiger charge is 2.32. The Morgan fingerprint density at radius 2 is 1.48 bits per heavy atom. The van der Waals surface area contributed by atoms with E-state index in [9.17, 15) is 26.0 Å². The fraction of sp³-hybridized carbons (Fsp3) is 0.200. The van der Waals surface area contributed by atoms with E-state index in [1.165, 1.54) is 0 Å². The lowest BCUT2D eigenvalue weighted by Gasteiger charge is -2.17. The average molecular weight is 347 g/mol. The molecule has 23 heavy (non-hydrogen) atoms. The standard InChI is InChI=1S/C15H13F4NO2S/c16-12-5-7-13(8-6-12)23(21,22)14(9-20)10-1-3-11(4-2-10)15(17,18)19/h1-8,14H,9,20H2/t14-/m1/s1. The molecule has 0 saturated carbocycles. The fourth-order valence-corrected chi connectivity index (χ4v) is 3.73. The third kappa shape index (κ3) is 3.70. The Morgan fingerprint density at radius 1 is 0.957 bits per heavy atom. The molecule has 2 aromatic rings. The summed E-state index contributed by atoms with van der Waals surface area (Å²) in [5.74, 6) is -0.595. The molecule has 0 spiro atoms. The van der Waals surface area contributed by atoms with E-state index in [2.05, 4.69) is 0 Å². The van der Waals surface area contributed by atoms with E-state index in [0.717, 1.165) is 48.5 Å². The Labute approximate surface area is 130 Å². The van der Waals surface area contributed by atoms with Crippen molar-refractivity contribution in [2.75, 3.05) is 6.54 Å². The van der Waals surface area contributed by atoms with Crippen molar-refractivity contribution < 1.29 is 26.0 Å². The third-order valence-electron chi connectivity index (χ3n) is 3.34. The van der Waals surface area contributed by atoms with Gasteiger partial charge in [0.15, 0.2) is 9.84 Å². The summed E-state index contributed by atoms with van der Waals surface area (Å²) >= 11 is 0. The maximum absolute atomic E-state index is 12.9. The van der Waals surface area contributed by atoms with Crippen LogP contribution in [-0.2, 0) is 16.0 Å². The highest BCUT2D eigenvalue weighted by molar-refractivity contribution is 7.91. The van der Waals surface area contributed by atoms with Crippen LogP contribution in [0.25, 0.3) is 0 Å². The first kappa shape index (κ1) is 17.4. The molecule has 2 rings (SSSR count). The maximum atomic E-state index is 12.9. The zero-order valence-corrected chi connectivity index (χ0v) is 12.5. The lowest BCUT2D eigenvalue weighted by Crippen LogP contribution is -2.22. The number of alkyl halides is 3. The second kappa shape index (κ2) is 6.29. The van der Waals surface area contributed by atoms with Crippen molar-refractivity contribution in [3.8, 4) is 0 Å². The van der Waals surface area contributed by atoms with Crippen LogP contribution < -0.4 is 5.73 Å². The Balaban J connectivity index is 2.41. The second-order valence-electron chi connectivity index (χ2n) is 4.84. The summed E-state index contributed by atoms with van der Waals surface area (Å²) in [6, 6.07) is 7.95. The lowest BCUT2D eigenvalue weighted by molar-refractivity contribution is -0.137. The molecule has 8 heteroatoms. The zero-order valence-electron chi connectivity index (χ0n) is 11.7. The van der Waals surface area contributed by atoms with Gasteiger partial charge in [0.2, 0.25) is 0 Å². The van der Waals surface area contributed by atoms with Gasteiger partial charge in [0.05, 0.1) is 10.5 Å². The van der Waals surface area contributed by atoms with Crippen LogP contribution in [0.4, 0.5) is 17.6 Å². The van der Waals surface area contributed by atoms with Crippen LogP contribution in [-0.4, -0.2) is 15.0 Å². The molecule has 0 saturated heterocycles. The van der Waals surface area contributed by atoms with Gasteiger partial charge < -0.3 is 5.73 Å². The van der Waals surface area contributed by atoms with Crippen molar-refractivity contribution in [3.05, 3.63) is 65.5 Å². The third-order valence-corrected chi connectivity index (χ3v) is 5.48. The average Bonchev–Trinajstić information content (AvgIpc) is 2.48. The minimum absolute atomic E-state index is 0.143. The summed E-state index contributed by atoms with van der Waals surface area (Å²) in [6.45, 7) is -0.314. The molecule has 0 unspecified atom stereocenters. The van der Waals surface area contributed by atoms with Gasteiger partial charge in [-0.05, 0) is 42.0 Å². The molecular formula is C15H13F4NO2S. The van der Waals surface area contributed by atoms with E-state index >= 15 is 0 Å². The van der Waals surface area contributed by atoms with Gasteiger partial charge in [-0.15, -0.1) is 0 Å². The minimum Gasteiger partial charge on any atom is -0.329 e. The first-order valence-corrected chi connectivity index (χ1v) is 8.07. The Morgan fingerprint density at radius 3 is 1.91 bits per heavy atom. The van der Waals surface area contributed by atoms with Crippen molar-refractivity contribution in [2.24, 2.45) is 5.73 Å². The summed E-state index contributed by atoms with van der Waals surface area (Å²) in [4.78, 5) is -0.144.